The summed E-state index contributed by atoms with van der Waals surface area (Å²) in [5, 5.41) is 5.92. The Morgan fingerprint density at radius 3 is 2.14 bits per heavy atom. The molecule has 2 amide bonds. The minimum atomic E-state index is -0.300. The van der Waals surface area contributed by atoms with E-state index in [2.05, 4.69) is 15.3 Å². The van der Waals surface area contributed by atoms with E-state index in [4.69, 9.17) is 0 Å². The Morgan fingerprint density at radius 1 is 0.793 bits per heavy atom. The number of thiazole rings is 1. The maximum atomic E-state index is 12.6. The first-order chi connectivity index (χ1) is 14.2. The molecule has 0 bridgehead atoms. The third kappa shape index (κ3) is 3.07. The van der Waals surface area contributed by atoms with Crippen molar-refractivity contribution in [1.29, 1.82) is 0 Å². The Hall–Kier alpha value is -3.84. The molecule has 1 N–H and O–H groups in total. The van der Waals surface area contributed by atoms with Gasteiger partial charge in [-0.1, -0.05) is 18.2 Å². The van der Waals surface area contributed by atoms with Crippen LogP contribution in [0.2, 0.25) is 0 Å². The third-order valence-corrected chi connectivity index (χ3v) is 5.36. The highest BCUT2D eigenvalue weighted by Crippen LogP contribution is 2.30. The number of hydrogen-bond acceptors (Lipinski definition) is 6. The van der Waals surface area contributed by atoms with Gasteiger partial charge in [0.1, 0.15) is 5.69 Å². The Bertz CT molecular complexity index is 1180. The molecule has 1 aliphatic heterocycles. The standard InChI is InChI=1S/C22H14N4O2S/c27-20-16-5-1-2-6-17(16)21(28)26(20)15-10-8-14(9-11-15)24-22-25-19(13-29-22)18-7-3-4-12-23-18/h1-13H,(H,24,25). The van der Waals surface area contributed by atoms with Crippen LogP contribution in [0, 0.1) is 0 Å². The summed E-state index contributed by atoms with van der Waals surface area (Å²) in [4.78, 5) is 35.3. The van der Waals surface area contributed by atoms with Crippen LogP contribution in [0.25, 0.3) is 11.4 Å². The smallest absolute Gasteiger partial charge is 0.266 e. The normalized spacial score (nSPS) is 12.9. The van der Waals surface area contributed by atoms with Gasteiger partial charge < -0.3 is 5.32 Å². The van der Waals surface area contributed by atoms with Crippen LogP contribution in [0.1, 0.15) is 20.7 Å². The van der Waals surface area contributed by atoms with Crippen LogP contribution in [0.4, 0.5) is 16.5 Å². The van der Waals surface area contributed by atoms with Gasteiger partial charge in [-0.25, -0.2) is 9.88 Å². The van der Waals surface area contributed by atoms with Crippen LogP contribution in [0.15, 0.2) is 78.3 Å². The molecule has 6 nitrogen and oxygen atoms in total. The van der Waals surface area contributed by atoms with Crippen molar-refractivity contribution in [2.75, 3.05) is 10.2 Å². The van der Waals surface area contributed by atoms with Crippen molar-refractivity contribution in [3.63, 3.8) is 0 Å². The van der Waals surface area contributed by atoms with E-state index in [-0.39, 0.29) is 11.8 Å². The van der Waals surface area contributed by atoms with Crippen LogP contribution < -0.4 is 10.2 Å². The summed E-state index contributed by atoms with van der Waals surface area (Å²) in [6.07, 6.45) is 1.74. The Kier molecular flexibility index (Phi) is 4.14. The van der Waals surface area contributed by atoms with Crippen LogP contribution in [0.5, 0.6) is 0 Å². The number of amides is 2. The second kappa shape index (κ2) is 6.96. The fourth-order valence-corrected chi connectivity index (χ4v) is 3.93. The molecule has 0 atom stereocenters. The Labute approximate surface area is 170 Å². The van der Waals surface area contributed by atoms with E-state index in [0.717, 1.165) is 22.2 Å². The molecule has 0 unspecified atom stereocenters. The number of carbonyl (C=O) groups excluding carboxylic acids is 2. The molecule has 2 aromatic heterocycles. The highest BCUT2D eigenvalue weighted by molar-refractivity contribution is 7.14. The molecule has 2 aromatic carbocycles. The van der Waals surface area contributed by atoms with E-state index in [0.29, 0.717) is 16.8 Å². The summed E-state index contributed by atoms with van der Waals surface area (Å²) in [5.74, 6) is -0.600. The number of nitrogens with one attached hydrogen (secondary N) is 1. The molecule has 0 fully saturated rings. The average molecular weight is 398 g/mol. The first-order valence-corrected chi connectivity index (χ1v) is 9.80. The summed E-state index contributed by atoms with van der Waals surface area (Å²) < 4.78 is 0. The summed E-state index contributed by atoms with van der Waals surface area (Å²) in [6, 6.07) is 19.7. The van der Waals surface area contributed by atoms with E-state index in [1.54, 1.807) is 42.6 Å². The molecule has 3 heterocycles. The molecule has 0 spiro atoms. The number of carbonyl (C=O) groups is 2. The zero-order chi connectivity index (χ0) is 19.8. The van der Waals surface area contributed by atoms with E-state index in [1.165, 1.54) is 16.2 Å². The molecule has 0 radical (unpaired) electrons. The van der Waals surface area contributed by atoms with Crippen LogP contribution >= 0.6 is 11.3 Å². The van der Waals surface area contributed by atoms with Gasteiger partial charge in [-0.05, 0) is 48.5 Å². The van der Waals surface area contributed by atoms with Crippen LogP contribution in [-0.4, -0.2) is 21.8 Å². The third-order valence-electron chi connectivity index (χ3n) is 4.60. The van der Waals surface area contributed by atoms with Gasteiger partial charge in [0, 0.05) is 17.3 Å². The lowest BCUT2D eigenvalue weighted by Gasteiger charge is -2.14. The van der Waals surface area contributed by atoms with Crippen molar-refractivity contribution in [2.24, 2.45) is 0 Å². The number of aromatic nitrogens is 2. The van der Waals surface area contributed by atoms with Gasteiger partial charge >= 0.3 is 0 Å². The number of fused-ring (bicyclic) bond motifs is 1. The zero-order valence-electron chi connectivity index (χ0n) is 15.1. The van der Waals surface area contributed by atoms with E-state index < -0.39 is 0 Å². The lowest BCUT2D eigenvalue weighted by atomic mass is 10.1. The first-order valence-electron chi connectivity index (χ1n) is 8.92. The number of pyridine rings is 1. The second-order valence-electron chi connectivity index (χ2n) is 6.42. The first kappa shape index (κ1) is 17.3. The molecular formula is C22H14N4O2S. The van der Waals surface area contributed by atoms with Crippen molar-refractivity contribution >= 4 is 39.7 Å². The number of benzene rings is 2. The number of hydrogen-bond donors (Lipinski definition) is 1. The number of imide groups is 1. The molecule has 7 heteroatoms. The number of rotatable bonds is 4. The van der Waals surface area contributed by atoms with Gasteiger partial charge in [0.05, 0.1) is 22.5 Å². The monoisotopic (exact) mass is 398 g/mol. The highest BCUT2D eigenvalue weighted by Gasteiger charge is 2.36. The van der Waals surface area contributed by atoms with Gasteiger partial charge in [0.2, 0.25) is 0 Å². The number of anilines is 3. The molecule has 140 valence electrons. The van der Waals surface area contributed by atoms with Crippen LogP contribution in [0.3, 0.4) is 0 Å². The SMILES string of the molecule is O=C1c2ccccc2C(=O)N1c1ccc(Nc2nc(-c3ccccn3)cs2)cc1. The predicted molar refractivity (Wildman–Crippen MR) is 113 cm³/mol. The average Bonchev–Trinajstić information content (AvgIpc) is 3.33. The fourth-order valence-electron chi connectivity index (χ4n) is 3.20. The molecule has 0 aliphatic carbocycles. The van der Waals surface area contributed by atoms with Gasteiger partial charge in [0.15, 0.2) is 5.13 Å². The highest BCUT2D eigenvalue weighted by atomic mass is 32.1. The van der Waals surface area contributed by atoms with Gasteiger partial charge in [-0.2, -0.15) is 0 Å². The fraction of sp³-hybridized carbons (Fsp3) is 0. The molecule has 0 saturated heterocycles. The van der Waals surface area contributed by atoms with Crippen molar-refractivity contribution in [3.05, 3.63) is 89.4 Å². The quantitative estimate of drug-likeness (QED) is 0.502. The maximum Gasteiger partial charge on any atom is 0.266 e. The minimum absolute atomic E-state index is 0.300. The topological polar surface area (TPSA) is 75.2 Å². The maximum absolute atomic E-state index is 12.6. The molecule has 29 heavy (non-hydrogen) atoms. The molecule has 4 aromatic rings. The molecule has 1 aliphatic rings. The zero-order valence-corrected chi connectivity index (χ0v) is 15.9. The van der Waals surface area contributed by atoms with Gasteiger partial charge in [-0.3, -0.25) is 14.6 Å². The van der Waals surface area contributed by atoms with Crippen molar-refractivity contribution in [1.82, 2.24) is 9.97 Å². The van der Waals surface area contributed by atoms with Gasteiger partial charge in [0.25, 0.3) is 11.8 Å². The summed E-state index contributed by atoms with van der Waals surface area (Å²) >= 11 is 1.48. The van der Waals surface area contributed by atoms with Crippen molar-refractivity contribution in [2.45, 2.75) is 0 Å². The van der Waals surface area contributed by atoms with Crippen LogP contribution in [-0.2, 0) is 0 Å². The number of nitrogens with zero attached hydrogens (tertiary/aromatic N) is 3. The predicted octanol–water partition coefficient (Wildman–Crippen LogP) is 4.75. The molecule has 0 saturated carbocycles. The van der Waals surface area contributed by atoms with E-state index in [1.807, 2.05) is 35.7 Å². The summed E-state index contributed by atoms with van der Waals surface area (Å²) in [7, 11) is 0. The van der Waals surface area contributed by atoms with Crippen molar-refractivity contribution < 1.29 is 9.59 Å². The molecular weight excluding hydrogens is 384 g/mol. The van der Waals surface area contributed by atoms with E-state index in [9.17, 15) is 9.59 Å². The molecule has 5 rings (SSSR count). The Balaban J connectivity index is 1.35. The summed E-state index contributed by atoms with van der Waals surface area (Å²) in [5.41, 5.74) is 3.84. The second-order valence-corrected chi connectivity index (χ2v) is 7.27. The Morgan fingerprint density at radius 2 is 1.48 bits per heavy atom. The largest absolute Gasteiger partial charge is 0.332 e. The minimum Gasteiger partial charge on any atom is -0.332 e. The van der Waals surface area contributed by atoms with Gasteiger partial charge in [-0.15, -0.1) is 11.3 Å². The lowest BCUT2D eigenvalue weighted by Crippen LogP contribution is -2.29. The summed E-state index contributed by atoms with van der Waals surface area (Å²) in [6.45, 7) is 0. The van der Waals surface area contributed by atoms with Crippen molar-refractivity contribution in [3.8, 4) is 11.4 Å². The lowest BCUT2D eigenvalue weighted by molar-refractivity contribution is 0.0926. The van der Waals surface area contributed by atoms with E-state index >= 15 is 0 Å².